The number of ether oxygens (including phenoxy) is 2. The molecule has 2 aromatic rings. The number of carbonyl (C=O) groups is 2. The van der Waals surface area contributed by atoms with Crippen molar-refractivity contribution in [3.8, 4) is 11.5 Å². The predicted octanol–water partition coefficient (Wildman–Crippen LogP) is 2.23. The summed E-state index contributed by atoms with van der Waals surface area (Å²) in [5, 5.41) is 2.89. The van der Waals surface area contributed by atoms with Gasteiger partial charge in [-0.3, -0.25) is 9.69 Å². The first-order valence-corrected chi connectivity index (χ1v) is 12.1. The molecule has 2 saturated heterocycles. The Balaban J connectivity index is 1.25. The lowest BCUT2D eigenvalue weighted by molar-refractivity contribution is -0.132. The van der Waals surface area contributed by atoms with Crippen LogP contribution in [0.15, 0.2) is 24.3 Å². The average molecular weight is 481 g/mol. The van der Waals surface area contributed by atoms with E-state index in [4.69, 9.17) is 14.5 Å². The summed E-state index contributed by atoms with van der Waals surface area (Å²) < 4.78 is 11.3. The molecule has 4 heterocycles. The number of hydrogen-bond acceptors (Lipinski definition) is 8. The molecule has 1 unspecified atom stereocenters. The molecule has 10 nitrogen and oxygen atoms in total. The molecule has 0 spiro atoms. The third-order valence-corrected chi connectivity index (χ3v) is 6.81. The molecule has 1 N–H and O–H groups in total. The number of carbonyl (C=O) groups excluding carboxylic acids is 2. The minimum absolute atomic E-state index is 0.249. The van der Waals surface area contributed by atoms with Crippen LogP contribution in [0.4, 0.5) is 10.6 Å². The van der Waals surface area contributed by atoms with Crippen LogP contribution in [0.1, 0.15) is 43.8 Å². The van der Waals surface area contributed by atoms with Crippen molar-refractivity contribution in [3.63, 3.8) is 0 Å². The van der Waals surface area contributed by atoms with Gasteiger partial charge < -0.3 is 19.7 Å². The fraction of sp³-hybridized carbons (Fsp3) is 0.520. The van der Waals surface area contributed by atoms with Crippen molar-refractivity contribution in [2.45, 2.75) is 39.2 Å². The van der Waals surface area contributed by atoms with E-state index in [9.17, 15) is 9.59 Å². The van der Waals surface area contributed by atoms with Gasteiger partial charge in [0.05, 0.1) is 6.67 Å². The zero-order valence-corrected chi connectivity index (χ0v) is 20.7. The number of nitrogens with zero attached hydrogens (tertiary/aromatic N) is 5. The van der Waals surface area contributed by atoms with E-state index < -0.39 is 5.54 Å². The van der Waals surface area contributed by atoms with Crippen LogP contribution in [0.2, 0.25) is 0 Å². The van der Waals surface area contributed by atoms with Crippen molar-refractivity contribution >= 4 is 17.8 Å². The van der Waals surface area contributed by atoms with E-state index in [0.717, 1.165) is 43.5 Å². The van der Waals surface area contributed by atoms with Gasteiger partial charge in [-0.25, -0.2) is 19.7 Å². The summed E-state index contributed by atoms with van der Waals surface area (Å²) in [5.41, 5.74) is 0.479. The summed E-state index contributed by atoms with van der Waals surface area (Å²) in [7, 11) is 0. The highest BCUT2D eigenvalue weighted by molar-refractivity contribution is 6.07. The molecular weight excluding hydrogens is 448 g/mol. The van der Waals surface area contributed by atoms with Gasteiger partial charge in [-0.1, -0.05) is 19.9 Å². The van der Waals surface area contributed by atoms with Crippen molar-refractivity contribution in [3.05, 3.63) is 41.3 Å². The van der Waals surface area contributed by atoms with Crippen LogP contribution in [-0.4, -0.2) is 77.8 Å². The highest BCUT2D eigenvalue weighted by Crippen LogP contribution is 2.37. The number of benzene rings is 1. The first-order chi connectivity index (χ1) is 16.7. The van der Waals surface area contributed by atoms with Crippen LogP contribution in [0.3, 0.4) is 0 Å². The lowest BCUT2D eigenvalue weighted by Crippen LogP contribution is -2.52. The molecule has 10 heteroatoms. The van der Waals surface area contributed by atoms with Crippen molar-refractivity contribution in [2.24, 2.45) is 0 Å². The second kappa shape index (κ2) is 8.99. The quantitative estimate of drug-likeness (QED) is 0.651. The van der Waals surface area contributed by atoms with Crippen molar-refractivity contribution < 1.29 is 19.1 Å². The molecule has 3 aliphatic rings. The summed E-state index contributed by atoms with van der Waals surface area (Å²) >= 11 is 0. The third kappa shape index (κ3) is 4.38. The number of imide groups is 1. The Bertz CT molecular complexity index is 1150. The zero-order valence-electron chi connectivity index (χ0n) is 20.7. The Morgan fingerprint density at radius 3 is 2.46 bits per heavy atom. The maximum Gasteiger partial charge on any atom is 0.326 e. The predicted molar refractivity (Wildman–Crippen MR) is 130 cm³/mol. The van der Waals surface area contributed by atoms with Crippen LogP contribution < -0.4 is 19.7 Å². The fourth-order valence-electron chi connectivity index (χ4n) is 4.69. The van der Waals surface area contributed by atoms with Crippen LogP contribution in [0.5, 0.6) is 11.5 Å². The van der Waals surface area contributed by atoms with Gasteiger partial charge in [0.1, 0.15) is 30.4 Å². The number of aromatic nitrogens is 2. The normalized spacial score (nSPS) is 22.7. The van der Waals surface area contributed by atoms with E-state index in [0.29, 0.717) is 30.3 Å². The van der Waals surface area contributed by atoms with Crippen molar-refractivity contribution in [2.75, 3.05) is 51.0 Å². The molecule has 0 saturated carbocycles. The highest BCUT2D eigenvalue weighted by atomic mass is 16.6. The molecule has 0 bridgehead atoms. The largest absolute Gasteiger partial charge is 0.486 e. The Morgan fingerprint density at radius 2 is 1.74 bits per heavy atom. The Hall–Kier alpha value is -3.40. The average Bonchev–Trinajstić information content (AvgIpc) is 3.07. The van der Waals surface area contributed by atoms with Gasteiger partial charge in [0, 0.05) is 43.9 Å². The van der Waals surface area contributed by atoms with Gasteiger partial charge >= 0.3 is 6.03 Å². The molecule has 0 radical (unpaired) electrons. The number of piperazine rings is 1. The number of rotatable bonds is 5. The van der Waals surface area contributed by atoms with Crippen LogP contribution in [0, 0.1) is 6.92 Å². The summed E-state index contributed by atoms with van der Waals surface area (Å²) in [4.78, 5) is 41.2. The first-order valence-electron chi connectivity index (χ1n) is 12.1. The summed E-state index contributed by atoms with van der Waals surface area (Å²) in [5.74, 6) is 3.01. The number of anilines is 1. The number of aryl methyl sites for hydroxylation is 1. The molecule has 35 heavy (non-hydrogen) atoms. The number of fused-ring (bicyclic) bond motifs is 1. The van der Waals surface area contributed by atoms with Gasteiger partial charge in [0.2, 0.25) is 0 Å². The van der Waals surface area contributed by atoms with E-state index in [2.05, 4.69) is 33.9 Å². The minimum Gasteiger partial charge on any atom is -0.486 e. The molecule has 186 valence electrons. The molecule has 0 aliphatic carbocycles. The highest BCUT2D eigenvalue weighted by Gasteiger charge is 2.49. The second-order valence-electron chi connectivity index (χ2n) is 9.77. The summed E-state index contributed by atoms with van der Waals surface area (Å²) in [6.45, 7) is 12.1. The van der Waals surface area contributed by atoms with Crippen molar-refractivity contribution in [1.82, 2.24) is 25.1 Å². The molecule has 5 rings (SSSR count). The van der Waals surface area contributed by atoms with E-state index in [1.165, 1.54) is 4.90 Å². The first kappa shape index (κ1) is 23.3. The van der Waals surface area contributed by atoms with Crippen LogP contribution in [-0.2, 0) is 10.3 Å². The van der Waals surface area contributed by atoms with Gasteiger partial charge in [-0.15, -0.1) is 0 Å². The maximum atomic E-state index is 13.4. The van der Waals surface area contributed by atoms with Gasteiger partial charge in [-0.2, -0.15) is 0 Å². The van der Waals surface area contributed by atoms with Crippen LogP contribution in [0.25, 0.3) is 0 Å². The standard InChI is InChI=1S/C25H32N6O4/c1-16(2)22-26-17(3)13-21(27-22)30-9-7-29(8-10-30)15-31-23(32)25(4,28-24(31)33)18-5-6-19-20(14-18)35-12-11-34-19/h5-6,13-14,16H,7-12,15H2,1-4H3,(H,28,33). The molecule has 2 fully saturated rings. The number of hydrogen-bond donors (Lipinski definition) is 1. The summed E-state index contributed by atoms with van der Waals surface area (Å²) in [6.07, 6.45) is 0. The smallest absolute Gasteiger partial charge is 0.326 e. The van der Waals surface area contributed by atoms with E-state index in [1.807, 2.05) is 19.1 Å². The SMILES string of the molecule is Cc1cc(N2CCN(CN3C(=O)NC(C)(c4ccc5c(c4)OCCO5)C3=O)CC2)nc(C(C)C)n1. The van der Waals surface area contributed by atoms with E-state index in [-0.39, 0.29) is 24.5 Å². The molecular formula is C25H32N6O4. The summed E-state index contributed by atoms with van der Waals surface area (Å²) in [6, 6.07) is 7.00. The van der Waals surface area contributed by atoms with E-state index in [1.54, 1.807) is 19.1 Å². The van der Waals surface area contributed by atoms with E-state index >= 15 is 0 Å². The lowest BCUT2D eigenvalue weighted by Gasteiger charge is -2.36. The molecule has 1 atom stereocenters. The Labute approximate surface area is 205 Å². The topological polar surface area (TPSA) is 100 Å². The van der Waals surface area contributed by atoms with Gasteiger partial charge in [-0.05, 0) is 31.5 Å². The third-order valence-electron chi connectivity index (χ3n) is 6.81. The molecule has 3 aliphatic heterocycles. The fourth-order valence-corrected chi connectivity index (χ4v) is 4.69. The minimum atomic E-state index is -1.15. The molecule has 1 aromatic carbocycles. The molecule has 3 amide bonds. The number of urea groups is 1. The number of nitrogens with one attached hydrogen (secondary N) is 1. The second-order valence-corrected chi connectivity index (χ2v) is 9.77. The lowest BCUT2D eigenvalue weighted by atomic mass is 9.91. The Kier molecular flexibility index (Phi) is 6.00. The van der Waals surface area contributed by atoms with Gasteiger partial charge in [0.25, 0.3) is 5.91 Å². The zero-order chi connectivity index (χ0) is 24.7. The maximum absolute atomic E-state index is 13.4. The van der Waals surface area contributed by atoms with Gasteiger partial charge in [0.15, 0.2) is 11.5 Å². The monoisotopic (exact) mass is 480 g/mol. The Morgan fingerprint density at radius 1 is 1.03 bits per heavy atom. The number of amides is 3. The van der Waals surface area contributed by atoms with Crippen molar-refractivity contribution in [1.29, 1.82) is 0 Å². The van der Waals surface area contributed by atoms with Crippen LogP contribution >= 0.6 is 0 Å². The molecule has 1 aromatic heterocycles.